The number of carbonyl (C=O) groups excluding carboxylic acids is 1. The van der Waals surface area contributed by atoms with Crippen LogP contribution in [0.5, 0.6) is 5.75 Å². The lowest BCUT2D eigenvalue weighted by atomic mass is 10.2. The second kappa shape index (κ2) is 9.98. The molecule has 0 radical (unpaired) electrons. The summed E-state index contributed by atoms with van der Waals surface area (Å²) < 4.78 is 7.12. The minimum absolute atomic E-state index is 0.0418. The normalized spacial score (nSPS) is 10.9. The summed E-state index contributed by atoms with van der Waals surface area (Å²) in [6, 6.07) is 16.2. The van der Waals surface area contributed by atoms with Gasteiger partial charge in [0.2, 0.25) is 5.95 Å². The maximum atomic E-state index is 13.4. The second-order valence-electron chi connectivity index (χ2n) is 7.46. The van der Waals surface area contributed by atoms with E-state index in [1.807, 2.05) is 13.8 Å². The largest absolute Gasteiger partial charge is 0.491 e. The van der Waals surface area contributed by atoms with Crippen LogP contribution in [0.1, 0.15) is 13.8 Å². The van der Waals surface area contributed by atoms with Gasteiger partial charge in [-0.3, -0.25) is 10.2 Å². The van der Waals surface area contributed by atoms with Gasteiger partial charge in [-0.1, -0.05) is 41.4 Å². The molecule has 0 aliphatic heterocycles. The Morgan fingerprint density at radius 1 is 1.00 bits per heavy atom. The number of urea groups is 1. The zero-order chi connectivity index (χ0) is 24.2. The third-order valence-electron chi connectivity index (χ3n) is 4.53. The smallest absolute Gasteiger partial charge is 0.337 e. The first-order chi connectivity index (χ1) is 16.3. The van der Waals surface area contributed by atoms with Gasteiger partial charge in [0.1, 0.15) is 16.1 Å². The number of rotatable bonds is 6. The van der Waals surface area contributed by atoms with Gasteiger partial charge in [0.25, 0.3) is 5.56 Å². The van der Waals surface area contributed by atoms with Crippen LogP contribution < -0.4 is 26.5 Å². The SMILES string of the molecule is CC(C)Oc1cccc(-n2c(NNC(=O)Nc3cc(Cl)nc(Cl)c3)nc3ccccc3c2=O)c1. The van der Waals surface area contributed by atoms with Gasteiger partial charge in [-0.2, -0.15) is 0 Å². The number of aromatic nitrogens is 3. The molecule has 34 heavy (non-hydrogen) atoms. The predicted octanol–water partition coefficient (Wildman–Crippen LogP) is 5.02. The van der Waals surface area contributed by atoms with Gasteiger partial charge in [-0.05, 0) is 50.2 Å². The number of halogens is 2. The molecule has 9 nitrogen and oxygen atoms in total. The average molecular weight is 499 g/mol. The molecule has 0 atom stereocenters. The summed E-state index contributed by atoms with van der Waals surface area (Å²) >= 11 is 11.7. The Morgan fingerprint density at radius 3 is 2.47 bits per heavy atom. The number of anilines is 2. The maximum Gasteiger partial charge on any atom is 0.337 e. The molecule has 2 aromatic heterocycles. The highest BCUT2D eigenvalue weighted by Crippen LogP contribution is 2.21. The Bertz CT molecular complexity index is 1400. The first-order valence-corrected chi connectivity index (χ1v) is 11.0. The molecule has 2 amide bonds. The Morgan fingerprint density at radius 2 is 1.74 bits per heavy atom. The van der Waals surface area contributed by atoms with Crippen LogP contribution >= 0.6 is 23.2 Å². The van der Waals surface area contributed by atoms with Crippen LogP contribution in [0.3, 0.4) is 0 Å². The molecular formula is C23H20Cl2N6O3. The number of benzene rings is 2. The van der Waals surface area contributed by atoms with E-state index in [1.165, 1.54) is 16.7 Å². The van der Waals surface area contributed by atoms with Gasteiger partial charge in [-0.15, -0.1) is 0 Å². The van der Waals surface area contributed by atoms with Gasteiger partial charge in [0, 0.05) is 11.8 Å². The zero-order valence-electron chi connectivity index (χ0n) is 18.2. The van der Waals surface area contributed by atoms with Crippen molar-refractivity contribution in [1.82, 2.24) is 20.0 Å². The number of hydrogen-bond acceptors (Lipinski definition) is 6. The van der Waals surface area contributed by atoms with Crippen molar-refractivity contribution in [3.8, 4) is 11.4 Å². The van der Waals surface area contributed by atoms with E-state index in [9.17, 15) is 9.59 Å². The van der Waals surface area contributed by atoms with E-state index < -0.39 is 6.03 Å². The van der Waals surface area contributed by atoms with Crippen LogP contribution in [0.15, 0.2) is 65.5 Å². The number of amides is 2. The van der Waals surface area contributed by atoms with Crippen molar-refractivity contribution in [1.29, 1.82) is 0 Å². The number of nitrogens with one attached hydrogen (secondary N) is 3. The average Bonchev–Trinajstić information content (AvgIpc) is 2.77. The molecule has 0 spiro atoms. The predicted molar refractivity (Wildman–Crippen MR) is 133 cm³/mol. The lowest BCUT2D eigenvalue weighted by Crippen LogP contribution is -2.36. The minimum atomic E-state index is -0.635. The van der Waals surface area contributed by atoms with E-state index in [0.29, 0.717) is 28.0 Å². The van der Waals surface area contributed by atoms with E-state index in [-0.39, 0.29) is 27.9 Å². The van der Waals surface area contributed by atoms with Gasteiger partial charge in [-0.25, -0.2) is 24.8 Å². The van der Waals surface area contributed by atoms with Crippen molar-refractivity contribution in [2.75, 3.05) is 10.7 Å². The first-order valence-electron chi connectivity index (χ1n) is 10.2. The van der Waals surface area contributed by atoms with Gasteiger partial charge in [0.15, 0.2) is 0 Å². The third-order valence-corrected chi connectivity index (χ3v) is 4.92. The van der Waals surface area contributed by atoms with Crippen molar-refractivity contribution in [3.63, 3.8) is 0 Å². The Labute approximate surface area is 204 Å². The molecule has 0 saturated carbocycles. The fourth-order valence-corrected chi connectivity index (χ4v) is 3.70. The molecular weight excluding hydrogens is 479 g/mol. The van der Waals surface area contributed by atoms with E-state index >= 15 is 0 Å². The molecule has 0 aliphatic carbocycles. The Kier molecular flexibility index (Phi) is 6.85. The molecule has 2 aromatic carbocycles. The van der Waals surface area contributed by atoms with Gasteiger partial charge < -0.3 is 10.1 Å². The van der Waals surface area contributed by atoms with Crippen LogP contribution in [0, 0.1) is 0 Å². The summed E-state index contributed by atoms with van der Waals surface area (Å²) in [6.45, 7) is 3.82. The number of carbonyl (C=O) groups is 1. The van der Waals surface area contributed by atoms with Crippen molar-refractivity contribution in [3.05, 3.63) is 81.3 Å². The van der Waals surface area contributed by atoms with Crippen LogP contribution in [-0.4, -0.2) is 26.7 Å². The summed E-state index contributed by atoms with van der Waals surface area (Å²) in [5.41, 5.74) is 6.20. The third kappa shape index (κ3) is 5.38. The molecule has 4 aromatic rings. The number of pyridine rings is 1. The fraction of sp³-hybridized carbons (Fsp3) is 0.130. The number of hydrazine groups is 1. The quantitative estimate of drug-likeness (QED) is 0.254. The fourth-order valence-electron chi connectivity index (χ4n) is 3.24. The molecule has 0 fully saturated rings. The highest BCUT2D eigenvalue weighted by atomic mass is 35.5. The van der Waals surface area contributed by atoms with Crippen molar-refractivity contribution < 1.29 is 9.53 Å². The summed E-state index contributed by atoms with van der Waals surface area (Å²) in [5, 5.41) is 3.26. The van der Waals surface area contributed by atoms with Crippen LogP contribution in [0.25, 0.3) is 16.6 Å². The van der Waals surface area contributed by atoms with Crippen LogP contribution in [-0.2, 0) is 0 Å². The molecule has 4 rings (SSSR count). The molecule has 0 bridgehead atoms. The maximum absolute atomic E-state index is 13.4. The van der Waals surface area contributed by atoms with E-state index in [1.54, 1.807) is 48.5 Å². The monoisotopic (exact) mass is 498 g/mol. The summed E-state index contributed by atoms with van der Waals surface area (Å²) in [7, 11) is 0. The number of ether oxygens (including phenoxy) is 1. The lowest BCUT2D eigenvalue weighted by molar-refractivity contribution is 0.242. The summed E-state index contributed by atoms with van der Waals surface area (Å²) in [6.07, 6.45) is -0.0418. The van der Waals surface area contributed by atoms with Gasteiger partial charge >= 0.3 is 6.03 Å². The summed E-state index contributed by atoms with van der Waals surface area (Å²) in [4.78, 5) is 34.2. The minimum Gasteiger partial charge on any atom is -0.491 e. The highest BCUT2D eigenvalue weighted by Gasteiger charge is 2.15. The number of fused-ring (bicyclic) bond motifs is 1. The zero-order valence-corrected chi connectivity index (χ0v) is 19.7. The molecule has 0 aliphatic rings. The van der Waals surface area contributed by atoms with E-state index in [0.717, 1.165) is 0 Å². The van der Waals surface area contributed by atoms with Crippen LogP contribution in [0.4, 0.5) is 16.4 Å². The van der Waals surface area contributed by atoms with Gasteiger partial charge in [0.05, 0.1) is 22.7 Å². The molecule has 3 N–H and O–H groups in total. The highest BCUT2D eigenvalue weighted by molar-refractivity contribution is 6.33. The molecule has 174 valence electrons. The van der Waals surface area contributed by atoms with Crippen LogP contribution in [0.2, 0.25) is 10.3 Å². The van der Waals surface area contributed by atoms with Crippen molar-refractivity contribution >= 4 is 51.8 Å². The number of para-hydroxylation sites is 1. The van der Waals surface area contributed by atoms with E-state index in [4.69, 9.17) is 27.9 Å². The molecule has 11 heteroatoms. The summed E-state index contributed by atoms with van der Waals surface area (Å²) in [5.74, 6) is 0.696. The molecule has 2 heterocycles. The Balaban J connectivity index is 1.68. The van der Waals surface area contributed by atoms with Crippen molar-refractivity contribution in [2.45, 2.75) is 20.0 Å². The Hall–Kier alpha value is -3.82. The standard InChI is InChI=1S/C23H20Cl2N6O3/c1-13(2)34-16-7-5-6-15(12-16)31-21(32)17-8-3-4-9-18(17)27-22(31)29-30-23(33)26-14-10-19(24)28-20(25)11-14/h3-13H,1-2H3,(H,27,29)(H2,26,28,30,33). The number of hydrogen-bond donors (Lipinski definition) is 3. The van der Waals surface area contributed by atoms with Crippen molar-refractivity contribution in [2.24, 2.45) is 0 Å². The molecule has 0 unspecified atom stereocenters. The second-order valence-corrected chi connectivity index (χ2v) is 8.24. The van der Waals surface area contributed by atoms with E-state index in [2.05, 4.69) is 26.1 Å². The molecule has 0 saturated heterocycles. The first kappa shape index (κ1) is 23.3. The lowest BCUT2D eigenvalue weighted by Gasteiger charge is -2.17. The topological polar surface area (TPSA) is 110 Å². The number of nitrogens with zero attached hydrogens (tertiary/aromatic N) is 3.